The van der Waals surface area contributed by atoms with E-state index in [9.17, 15) is 9.59 Å². The Bertz CT molecular complexity index is 1050. The molecule has 1 fully saturated rings. The molecule has 0 N–H and O–H groups in total. The number of fused-ring (bicyclic) bond motifs is 3. The van der Waals surface area contributed by atoms with Crippen molar-refractivity contribution >= 4 is 12.1 Å². The maximum absolute atomic E-state index is 12.8. The molecule has 0 aromatic heterocycles. The lowest BCUT2D eigenvalue weighted by molar-refractivity contribution is -0.167. The fourth-order valence-corrected chi connectivity index (χ4v) is 4.38. The minimum atomic E-state index is -0.622. The smallest absolute Gasteiger partial charge is 0.443 e. The molecule has 1 amide bonds. The van der Waals surface area contributed by atoms with E-state index in [1.165, 1.54) is 11.1 Å². The molecule has 0 unspecified atom stereocenters. The van der Waals surface area contributed by atoms with Gasteiger partial charge in [0.05, 0.1) is 12.5 Å². The van der Waals surface area contributed by atoms with Crippen molar-refractivity contribution in [2.45, 2.75) is 24.8 Å². The van der Waals surface area contributed by atoms with Crippen LogP contribution in [-0.4, -0.2) is 29.8 Å². The summed E-state index contributed by atoms with van der Waals surface area (Å²) in [4.78, 5) is 29.9. The molecule has 0 radical (unpaired) electrons. The number of hydroxylamine groups is 2. The molecule has 1 atom stereocenters. The van der Waals surface area contributed by atoms with Gasteiger partial charge in [-0.05, 0) is 34.2 Å². The van der Waals surface area contributed by atoms with Crippen molar-refractivity contribution in [3.63, 3.8) is 0 Å². The summed E-state index contributed by atoms with van der Waals surface area (Å²) in [5, 5.41) is 1.10. The molecule has 0 spiro atoms. The van der Waals surface area contributed by atoms with Gasteiger partial charge in [0.1, 0.15) is 6.61 Å². The quantitative estimate of drug-likeness (QED) is 0.638. The highest BCUT2D eigenvalue weighted by molar-refractivity contribution is 5.80. The van der Waals surface area contributed by atoms with Gasteiger partial charge in [0.15, 0.2) is 0 Å². The van der Waals surface area contributed by atoms with E-state index in [0.29, 0.717) is 6.42 Å². The van der Waals surface area contributed by atoms with Crippen molar-refractivity contribution in [2.75, 3.05) is 6.61 Å². The summed E-state index contributed by atoms with van der Waals surface area (Å²) in [6.45, 7) is 0.193. The standard InChI is InChI=1S/C25H21NO4/c27-24-15-18(14-17-8-2-1-3-9-17)26(30-24)25(28)29-16-23-21-12-6-4-10-19(21)20-11-5-7-13-22(20)23/h1-13,18,23H,14-16H2/t18-/m0/s1. The van der Waals surface area contributed by atoms with Crippen LogP contribution in [0.1, 0.15) is 29.0 Å². The van der Waals surface area contributed by atoms with E-state index in [1.54, 1.807) is 0 Å². The predicted octanol–water partition coefficient (Wildman–Crippen LogP) is 4.71. The highest BCUT2D eigenvalue weighted by atomic mass is 16.8. The van der Waals surface area contributed by atoms with Crippen LogP contribution in [0, 0.1) is 0 Å². The Kier molecular flexibility index (Phi) is 4.71. The molecule has 2 aliphatic rings. The van der Waals surface area contributed by atoms with E-state index in [-0.39, 0.29) is 25.0 Å². The first-order chi connectivity index (χ1) is 14.7. The molecule has 0 saturated carbocycles. The average Bonchev–Trinajstić information content (AvgIpc) is 3.30. The zero-order valence-electron chi connectivity index (χ0n) is 16.4. The summed E-state index contributed by atoms with van der Waals surface area (Å²) in [6.07, 6.45) is 0.0826. The van der Waals surface area contributed by atoms with Gasteiger partial charge < -0.3 is 9.57 Å². The second-order valence-corrected chi connectivity index (χ2v) is 7.64. The Morgan fingerprint density at radius 3 is 2.17 bits per heavy atom. The molecular weight excluding hydrogens is 378 g/mol. The van der Waals surface area contributed by atoms with E-state index in [2.05, 4.69) is 24.3 Å². The Balaban J connectivity index is 1.31. The lowest BCUT2D eigenvalue weighted by atomic mass is 9.98. The lowest BCUT2D eigenvalue weighted by Crippen LogP contribution is -2.37. The normalized spacial score (nSPS) is 17.4. The minimum Gasteiger partial charge on any atom is -0.446 e. The molecule has 5 nitrogen and oxygen atoms in total. The molecule has 1 aliphatic carbocycles. The van der Waals surface area contributed by atoms with Crippen molar-refractivity contribution in [3.05, 3.63) is 95.6 Å². The van der Waals surface area contributed by atoms with Crippen LogP contribution >= 0.6 is 0 Å². The Morgan fingerprint density at radius 2 is 1.50 bits per heavy atom. The third kappa shape index (κ3) is 3.32. The summed E-state index contributed by atoms with van der Waals surface area (Å²) in [6, 6.07) is 25.7. The molecule has 3 aromatic rings. The number of ether oxygens (including phenoxy) is 1. The molecule has 3 aromatic carbocycles. The summed E-state index contributed by atoms with van der Waals surface area (Å²) in [7, 11) is 0. The molecule has 0 bridgehead atoms. The van der Waals surface area contributed by atoms with E-state index >= 15 is 0 Å². The number of nitrogens with zero attached hydrogens (tertiary/aromatic N) is 1. The first-order valence-corrected chi connectivity index (χ1v) is 10.1. The SMILES string of the molecule is O=C1C[C@H](Cc2ccccc2)N(C(=O)OCC2c3ccccc3-c3ccccc32)O1. The second kappa shape index (κ2) is 7.67. The highest BCUT2D eigenvalue weighted by Crippen LogP contribution is 2.44. The van der Waals surface area contributed by atoms with Gasteiger partial charge in [-0.2, -0.15) is 0 Å². The molecule has 1 heterocycles. The van der Waals surface area contributed by atoms with Crippen LogP contribution < -0.4 is 0 Å². The molecule has 30 heavy (non-hydrogen) atoms. The minimum absolute atomic E-state index is 0.0350. The Morgan fingerprint density at radius 1 is 0.900 bits per heavy atom. The van der Waals surface area contributed by atoms with Gasteiger partial charge in [-0.3, -0.25) is 0 Å². The number of hydrogen-bond donors (Lipinski definition) is 0. The van der Waals surface area contributed by atoms with Crippen molar-refractivity contribution in [3.8, 4) is 11.1 Å². The van der Waals surface area contributed by atoms with Crippen LogP contribution in [0.3, 0.4) is 0 Å². The van der Waals surface area contributed by atoms with Crippen LogP contribution in [0.4, 0.5) is 4.79 Å². The van der Waals surface area contributed by atoms with Crippen molar-refractivity contribution in [2.24, 2.45) is 0 Å². The van der Waals surface area contributed by atoms with E-state index in [0.717, 1.165) is 21.8 Å². The first-order valence-electron chi connectivity index (χ1n) is 10.1. The Labute approximate surface area is 174 Å². The summed E-state index contributed by atoms with van der Waals surface area (Å²) >= 11 is 0. The topological polar surface area (TPSA) is 55.8 Å². The largest absolute Gasteiger partial charge is 0.446 e. The number of benzene rings is 3. The fourth-order valence-electron chi connectivity index (χ4n) is 4.38. The van der Waals surface area contributed by atoms with E-state index in [1.807, 2.05) is 54.6 Å². The maximum Gasteiger partial charge on any atom is 0.443 e. The zero-order valence-corrected chi connectivity index (χ0v) is 16.4. The number of amides is 1. The van der Waals surface area contributed by atoms with Gasteiger partial charge in [0, 0.05) is 5.92 Å². The van der Waals surface area contributed by atoms with Crippen LogP contribution in [0.2, 0.25) is 0 Å². The first kappa shape index (κ1) is 18.4. The van der Waals surface area contributed by atoms with Crippen molar-refractivity contribution in [1.82, 2.24) is 5.06 Å². The molecule has 5 heteroatoms. The van der Waals surface area contributed by atoms with Gasteiger partial charge in [-0.15, -0.1) is 5.06 Å². The summed E-state index contributed by atoms with van der Waals surface area (Å²) < 4.78 is 5.65. The predicted molar refractivity (Wildman–Crippen MR) is 112 cm³/mol. The van der Waals surface area contributed by atoms with Crippen LogP contribution in [-0.2, 0) is 20.8 Å². The van der Waals surface area contributed by atoms with Crippen LogP contribution in [0.15, 0.2) is 78.9 Å². The van der Waals surface area contributed by atoms with Gasteiger partial charge >= 0.3 is 12.1 Å². The van der Waals surface area contributed by atoms with Gasteiger partial charge in [-0.25, -0.2) is 9.59 Å². The lowest BCUT2D eigenvalue weighted by Gasteiger charge is -2.22. The molecule has 5 rings (SSSR count). The average molecular weight is 399 g/mol. The Hall–Kier alpha value is -3.60. The molecule has 1 saturated heterocycles. The van der Waals surface area contributed by atoms with Crippen LogP contribution in [0.5, 0.6) is 0 Å². The summed E-state index contributed by atoms with van der Waals surface area (Å²) in [5.74, 6) is -0.448. The van der Waals surface area contributed by atoms with Gasteiger partial charge in [0.25, 0.3) is 0 Å². The number of rotatable bonds is 4. The van der Waals surface area contributed by atoms with Crippen molar-refractivity contribution in [1.29, 1.82) is 0 Å². The van der Waals surface area contributed by atoms with Gasteiger partial charge in [0.2, 0.25) is 0 Å². The highest BCUT2D eigenvalue weighted by Gasteiger charge is 2.39. The third-order valence-corrected chi connectivity index (χ3v) is 5.76. The van der Waals surface area contributed by atoms with Crippen LogP contribution in [0.25, 0.3) is 11.1 Å². The van der Waals surface area contributed by atoms with E-state index in [4.69, 9.17) is 9.57 Å². The van der Waals surface area contributed by atoms with E-state index < -0.39 is 12.1 Å². The fraction of sp³-hybridized carbons (Fsp3) is 0.200. The number of carbonyl (C=O) groups is 2. The third-order valence-electron chi connectivity index (χ3n) is 5.76. The zero-order chi connectivity index (χ0) is 20.5. The number of hydrogen-bond acceptors (Lipinski definition) is 4. The molecular formula is C25H21NO4. The maximum atomic E-state index is 12.8. The second-order valence-electron chi connectivity index (χ2n) is 7.64. The summed E-state index contributed by atoms with van der Waals surface area (Å²) in [5.41, 5.74) is 5.67. The monoisotopic (exact) mass is 399 g/mol. The molecule has 1 aliphatic heterocycles. The van der Waals surface area contributed by atoms with Gasteiger partial charge in [-0.1, -0.05) is 78.9 Å². The molecule has 150 valence electrons. The van der Waals surface area contributed by atoms with Crippen molar-refractivity contribution < 1.29 is 19.2 Å². The number of carbonyl (C=O) groups excluding carboxylic acids is 2.